The van der Waals surface area contributed by atoms with Gasteiger partial charge in [-0.2, -0.15) is 10.5 Å². The Morgan fingerprint density at radius 1 is 0.946 bits per heavy atom. The van der Waals surface area contributed by atoms with E-state index in [9.17, 15) is 9.59 Å². The summed E-state index contributed by atoms with van der Waals surface area (Å²) in [6, 6.07) is 14.6. The highest BCUT2D eigenvalue weighted by Gasteiger charge is 2.13. The van der Waals surface area contributed by atoms with Crippen LogP contribution in [0.5, 0.6) is 11.5 Å². The molecule has 192 valence electrons. The maximum absolute atomic E-state index is 11.7. The van der Waals surface area contributed by atoms with Crippen LogP contribution in [0, 0.1) is 29.6 Å². The molecule has 9 nitrogen and oxygen atoms in total. The van der Waals surface area contributed by atoms with Crippen molar-refractivity contribution < 1.29 is 28.5 Å². The maximum atomic E-state index is 11.7. The Labute approximate surface area is 216 Å². The van der Waals surface area contributed by atoms with Crippen molar-refractivity contribution >= 4 is 24.1 Å². The first-order chi connectivity index (χ1) is 17.8. The maximum Gasteiger partial charge on any atom is 0.348 e. The lowest BCUT2D eigenvalue weighted by Crippen LogP contribution is -2.24. The summed E-state index contributed by atoms with van der Waals surface area (Å²) in [4.78, 5) is 23.3. The third-order valence-corrected chi connectivity index (χ3v) is 5.45. The van der Waals surface area contributed by atoms with Crippen LogP contribution in [0.2, 0.25) is 0 Å². The third-order valence-electron chi connectivity index (χ3n) is 5.45. The van der Waals surface area contributed by atoms with Crippen molar-refractivity contribution in [2.45, 2.75) is 19.9 Å². The minimum Gasteiger partial charge on any atom is -0.493 e. The Kier molecular flexibility index (Phi) is 10.9. The molecule has 37 heavy (non-hydrogen) atoms. The zero-order valence-corrected chi connectivity index (χ0v) is 21.5. The summed E-state index contributed by atoms with van der Waals surface area (Å²) in [6.45, 7) is 4.85. The number of hydrogen-bond acceptors (Lipinski definition) is 9. The highest BCUT2D eigenvalue weighted by atomic mass is 16.5. The van der Waals surface area contributed by atoms with Crippen molar-refractivity contribution in [3.05, 3.63) is 69.8 Å². The molecule has 0 amide bonds. The van der Waals surface area contributed by atoms with Crippen molar-refractivity contribution in [2.24, 2.45) is 0 Å². The number of ether oxygens (including phenoxy) is 4. The first-order valence-electron chi connectivity index (χ1n) is 11.3. The van der Waals surface area contributed by atoms with Crippen LogP contribution in [0.15, 0.2) is 47.5 Å². The van der Waals surface area contributed by atoms with Crippen molar-refractivity contribution in [3.8, 4) is 23.6 Å². The van der Waals surface area contributed by atoms with Gasteiger partial charge in [0, 0.05) is 12.6 Å². The monoisotopic (exact) mass is 503 g/mol. The van der Waals surface area contributed by atoms with Gasteiger partial charge in [0.25, 0.3) is 0 Å². The van der Waals surface area contributed by atoms with E-state index in [2.05, 4.69) is 14.8 Å². The van der Waals surface area contributed by atoms with E-state index in [4.69, 9.17) is 20.0 Å². The molecule has 1 atom stereocenters. The van der Waals surface area contributed by atoms with Crippen LogP contribution >= 0.6 is 0 Å². The van der Waals surface area contributed by atoms with Gasteiger partial charge in [-0.15, -0.1) is 0 Å². The minimum absolute atomic E-state index is 0.0218. The topological polar surface area (TPSA) is 131 Å². The normalized spacial score (nSPS) is 12.1. The van der Waals surface area contributed by atoms with Crippen molar-refractivity contribution in [1.82, 2.24) is 5.32 Å². The fourth-order valence-corrected chi connectivity index (χ4v) is 3.39. The van der Waals surface area contributed by atoms with Crippen LogP contribution in [-0.4, -0.2) is 46.4 Å². The van der Waals surface area contributed by atoms with Crippen LogP contribution in [0.3, 0.4) is 0 Å². The predicted octanol–water partition coefficient (Wildman–Crippen LogP) is 3.89. The Morgan fingerprint density at radius 3 is 2.16 bits per heavy atom. The fraction of sp³-hybridized carbons (Fsp3) is 0.286. The SMILES string of the molecule is COC(=O)C(C#N)=Cc1ccc(OCCNC(C)c2ccc(C=C(C#N)C(=O)OC)c(C)c2)c(OC)c1. The number of esters is 2. The molecule has 2 rings (SSSR count). The zero-order chi connectivity index (χ0) is 27.4. The number of nitriles is 2. The number of carbonyl (C=O) groups is 2. The van der Waals surface area contributed by atoms with Gasteiger partial charge in [-0.1, -0.05) is 24.3 Å². The molecule has 2 aromatic carbocycles. The van der Waals surface area contributed by atoms with Crippen molar-refractivity contribution in [1.29, 1.82) is 10.5 Å². The van der Waals surface area contributed by atoms with Gasteiger partial charge in [-0.3, -0.25) is 0 Å². The van der Waals surface area contributed by atoms with Crippen LogP contribution < -0.4 is 14.8 Å². The smallest absolute Gasteiger partial charge is 0.348 e. The highest BCUT2D eigenvalue weighted by molar-refractivity contribution is 5.98. The van der Waals surface area contributed by atoms with E-state index in [1.165, 1.54) is 33.5 Å². The molecule has 0 fully saturated rings. The molecule has 0 saturated carbocycles. The molecular weight excluding hydrogens is 474 g/mol. The van der Waals surface area contributed by atoms with Crippen LogP contribution in [0.25, 0.3) is 12.2 Å². The van der Waals surface area contributed by atoms with Gasteiger partial charge in [-0.25, -0.2) is 9.59 Å². The molecule has 0 saturated heterocycles. The van der Waals surface area contributed by atoms with E-state index < -0.39 is 11.9 Å². The Hall–Kier alpha value is -4.60. The number of benzene rings is 2. The summed E-state index contributed by atoms with van der Waals surface area (Å²) in [7, 11) is 3.96. The lowest BCUT2D eigenvalue weighted by Gasteiger charge is -2.17. The average Bonchev–Trinajstić information content (AvgIpc) is 2.92. The zero-order valence-electron chi connectivity index (χ0n) is 21.5. The lowest BCUT2D eigenvalue weighted by atomic mass is 9.99. The molecule has 0 aliphatic carbocycles. The van der Waals surface area contributed by atoms with Crippen LogP contribution in [0.1, 0.15) is 35.2 Å². The second-order valence-electron chi connectivity index (χ2n) is 7.87. The van der Waals surface area contributed by atoms with E-state index in [0.717, 1.165) is 16.7 Å². The largest absolute Gasteiger partial charge is 0.493 e. The summed E-state index contributed by atoms with van der Waals surface area (Å²) >= 11 is 0. The second kappa shape index (κ2) is 14.1. The summed E-state index contributed by atoms with van der Waals surface area (Å²) in [6.07, 6.45) is 2.93. The first-order valence-corrected chi connectivity index (χ1v) is 11.3. The van der Waals surface area contributed by atoms with E-state index in [1.54, 1.807) is 18.2 Å². The molecule has 0 heterocycles. The number of nitrogens with zero attached hydrogens (tertiary/aromatic N) is 2. The fourth-order valence-electron chi connectivity index (χ4n) is 3.39. The van der Waals surface area contributed by atoms with Gasteiger partial charge >= 0.3 is 11.9 Å². The molecule has 0 bridgehead atoms. The Morgan fingerprint density at radius 2 is 1.59 bits per heavy atom. The summed E-state index contributed by atoms with van der Waals surface area (Å²) in [5.41, 5.74) is 3.14. The van der Waals surface area contributed by atoms with Gasteiger partial charge in [-0.05, 0) is 60.4 Å². The molecule has 9 heteroatoms. The third kappa shape index (κ3) is 7.96. The van der Waals surface area contributed by atoms with Crippen molar-refractivity contribution in [2.75, 3.05) is 34.5 Å². The molecule has 0 aliphatic heterocycles. The van der Waals surface area contributed by atoms with E-state index in [0.29, 0.717) is 30.2 Å². The second-order valence-corrected chi connectivity index (χ2v) is 7.87. The van der Waals surface area contributed by atoms with Gasteiger partial charge in [0.15, 0.2) is 11.5 Å². The van der Waals surface area contributed by atoms with Gasteiger partial charge in [0.2, 0.25) is 0 Å². The molecule has 0 spiro atoms. The number of nitrogens with one attached hydrogen (secondary N) is 1. The average molecular weight is 504 g/mol. The number of aryl methyl sites for hydroxylation is 1. The molecule has 1 unspecified atom stereocenters. The number of hydrogen-bond donors (Lipinski definition) is 1. The van der Waals surface area contributed by atoms with Gasteiger partial charge in [0.05, 0.1) is 21.3 Å². The summed E-state index contributed by atoms with van der Waals surface area (Å²) in [5.74, 6) is -0.392. The number of methoxy groups -OCH3 is 3. The molecule has 0 radical (unpaired) electrons. The van der Waals surface area contributed by atoms with E-state index in [1.807, 2.05) is 44.2 Å². The van der Waals surface area contributed by atoms with Gasteiger partial charge < -0.3 is 24.3 Å². The van der Waals surface area contributed by atoms with E-state index >= 15 is 0 Å². The van der Waals surface area contributed by atoms with E-state index in [-0.39, 0.29) is 17.2 Å². The standard InChI is InChI=1S/C28H29N3O6/c1-18-12-22(8-7-21(18)15-24(17-30)28(33)36-5)19(2)31-10-11-37-25-9-6-20(14-26(25)34-3)13-23(16-29)27(32)35-4/h6-9,12-15,19,31H,10-11H2,1-5H3. The number of rotatable bonds is 11. The molecular formula is C28H29N3O6. The predicted molar refractivity (Wildman–Crippen MR) is 137 cm³/mol. The van der Waals surface area contributed by atoms with Crippen LogP contribution in [0.4, 0.5) is 0 Å². The first kappa shape index (κ1) is 28.6. The molecule has 0 aromatic heterocycles. The molecule has 2 aromatic rings. The Balaban J connectivity index is 2.00. The molecule has 0 aliphatic rings. The quantitative estimate of drug-likeness (QED) is 0.210. The minimum atomic E-state index is -0.712. The molecule has 1 N–H and O–H groups in total. The Bertz CT molecular complexity index is 1280. The lowest BCUT2D eigenvalue weighted by molar-refractivity contribution is -0.136. The number of carbonyl (C=O) groups excluding carboxylic acids is 2. The summed E-state index contributed by atoms with van der Waals surface area (Å²) < 4.78 is 20.5. The highest BCUT2D eigenvalue weighted by Crippen LogP contribution is 2.29. The van der Waals surface area contributed by atoms with Crippen molar-refractivity contribution in [3.63, 3.8) is 0 Å². The van der Waals surface area contributed by atoms with Gasteiger partial charge in [0.1, 0.15) is 29.9 Å². The van der Waals surface area contributed by atoms with Crippen LogP contribution in [-0.2, 0) is 19.1 Å². The summed E-state index contributed by atoms with van der Waals surface area (Å²) in [5, 5.41) is 21.7.